The van der Waals surface area contributed by atoms with Gasteiger partial charge in [0.2, 0.25) is 5.91 Å². The standard InChI is InChI=1S/C43H58N6O6/c1-7-32-12-10-14-35(24-32)36-25-37(45-38(50)29-49(42(53)55-43(4,5)6)28-34-13-9-11-31(3)23-34)40(44-26-36)41(52)48-21-19-47(20-22-48)27-33-15-17-46(18-16-33)30-39(51)54-8-2/h9-14,23-26,33H,7-8,15-22,27-30H2,1-6H3,(H,45,50). The number of anilines is 1. The SMILES string of the molecule is CCOC(=O)CN1CCC(CN2CCN(C(=O)c3ncc(-c4cccc(CC)c4)cc3NC(=O)CN(Cc3cccc(C)c3)C(=O)OC(C)(C)C)CC2)CC1. The normalized spacial score (nSPS) is 15.7. The summed E-state index contributed by atoms with van der Waals surface area (Å²) in [6, 6.07) is 17.7. The molecule has 0 radical (unpaired) electrons. The molecular formula is C43H58N6O6. The van der Waals surface area contributed by atoms with Crippen molar-refractivity contribution in [3.63, 3.8) is 0 Å². The zero-order chi connectivity index (χ0) is 39.5. The average Bonchev–Trinajstić information content (AvgIpc) is 3.15. The Hall–Kier alpha value is -4.81. The van der Waals surface area contributed by atoms with Crippen molar-refractivity contribution in [3.05, 3.63) is 83.2 Å². The van der Waals surface area contributed by atoms with Crippen LogP contribution < -0.4 is 5.32 Å². The highest BCUT2D eigenvalue weighted by Crippen LogP contribution is 2.27. The number of carbonyl (C=O) groups is 4. The predicted octanol–water partition coefficient (Wildman–Crippen LogP) is 6.03. The summed E-state index contributed by atoms with van der Waals surface area (Å²) in [5.74, 6) is -0.346. The third-order valence-electron chi connectivity index (χ3n) is 10.0. The van der Waals surface area contributed by atoms with E-state index in [1.165, 1.54) is 4.90 Å². The zero-order valence-corrected chi connectivity index (χ0v) is 33.4. The summed E-state index contributed by atoms with van der Waals surface area (Å²) >= 11 is 0. The van der Waals surface area contributed by atoms with E-state index in [0.29, 0.717) is 37.8 Å². The van der Waals surface area contributed by atoms with Crippen LogP contribution in [-0.4, -0.2) is 120 Å². The lowest BCUT2D eigenvalue weighted by molar-refractivity contribution is -0.144. The molecule has 1 N–H and O–H groups in total. The number of piperazine rings is 1. The van der Waals surface area contributed by atoms with Crippen LogP contribution in [0.15, 0.2) is 60.8 Å². The molecule has 3 aromatic rings. The minimum atomic E-state index is -0.754. The maximum Gasteiger partial charge on any atom is 0.411 e. The van der Waals surface area contributed by atoms with E-state index in [4.69, 9.17) is 9.47 Å². The number of likely N-dealkylation sites (tertiary alicyclic amines) is 1. The van der Waals surface area contributed by atoms with Crippen LogP contribution in [0.2, 0.25) is 0 Å². The third-order valence-corrected chi connectivity index (χ3v) is 10.0. The fraction of sp³-hybridized carbons (Fsp3) is 0.512. The monoisotopic (exact) mass is 754 g/mol. The number of nitrogens with zero attached hydrogens (tertiary/aromatic N) is 5. The van der Waals surface area contributed by atoms with Crippen LogP contribution in [-0.2, 0) is 32.0 Å². The molecule has 2 saturated heterocycles. The second-order valence-corrected chi connectivity index (χ2v) is 15.7. The Kier molecular flexibility index (Phi) is 14.4. The van der Waals surface area contributed by atoms with Crippen LogP contribution in [0.4, 0.5) is 10.5 Å². The van der Waals surface area contributed by atoms with Gasteiger partial charge in [0.1, 0.15) is 12.1 Å². The van der Waals surface area contributed by atoms with Crippen molar-refractivity contribution in [3.8, 4) is 11.1 Å². The van der Waals surface area contributed by atoms with Gasteiger partial charge in [0.15, 0.2) is 5.69 Å². The van der Waals surface area contributed by atoms with Gasteiger partial charge in [-0.3, -0.25) is 29.1 Å². The quantitative estimate of drug-likeness (QED) is 0.209. The van der Waals surface area contributed by atoms with Crippen molar-refractivity contribution >= 4 is 29.6 Å². The van der Waals surface area contributed by atoms with Crippen LogP contribution in [0, 0.1) is 12.8 Å². The lowest BCUT2D eigenvalue weighted by Gasteiger charge is -2.38. The second-order valence-electron chi connectivity index (χ2n) is 15.7. The van der Waals surface area contributed by atoms with Gasteiger partial charge in [-0.25, -0.2) is 9.78 Å². The summed E-state index contributed by atoms with van der Waals surface area (Å²) in [5.41, 5.74) is 4.47. The Balaban J connectivity index is 1.29. The van der Waals surface area contributed by atoms with E-state index >= 15 is 0 Å². The number of aromatic nitrogens is 1. The smallest absolute Gasteiger partial charge is 0.411 e. The number of piperidine rings is 1. The van der Waals surface area contributed by atoms with Crippen molar-refractivity contribution in [2.75, 3.05) is 70.8 Å². The van der Waals surface area contributed by atoms with Crippen LogP contribution in [0.3, 0.4) is 0 Å². The van der Waals surface area contributed by atoms with Gasteiger partial charge in [0.25, 0.3) is 5.91 Å². The van der Waals surface area contributed by atoms with Gasteiger partial charge in [-0.1, -0.05) is 61.0 Å². The van der Waals surface area contributed by atoms with Crippen molar-refractivity contribution in [2.45, 2.75) is 73.0 Å². The Morgan fingerprint density at radius 1 is 0.873 bits per heavy atom. The number of aryl methyl sites for hydroxylation is 2. The molecule has 0 unspecified atom stereocenters. The molecule has 2 aromatic carbocycles. The molecule has 2 aliphatic heterocycles. The predicted molar refractivity (Wildman–Crippen MR) is 214 cm³/mol. The van der Waals surface area contributed by atoms with E-state index in [9.17, 15) is 19.2 Å². The largest absolute Gasteiger partial charge is 0.465 e. The molecule has 0 atom stereocenters. The first-order chi connectivity index (χ1) is 26.3. The number of pyridine rings is 1. The van der Waals surface area contributed by atoms with E-state index in [1.807, 2.05) is 50.2 Å². The lowest BCUT2D eigenvalue weighted by Crippen LogP contribution is -2.51. The zero-order valence-electron chi connectivity index (χ0n) is 33.4. The van der Waals surface area contributed by atoms with Gasteiger partial charge in [-0.15, -0.1) is 0 Å². The van der Waals surface area contributed by atoms with Crippen molar-refractivity contribution in [1.29, 1.82) is 0 Å². The average molecular weight is 755 g/mol. The first kappa shape index (κ1) is 41.4. The van der Waals surface area contributed by atoms with Gasteiger partial charge in [0, 0.05) is 51.0 Å². The number of benzene rings is 2. The van der Waals surface area contributed by atoms with Crippen molar-refractivity contribution < 1.29 is 28.7 Å². The molecule has 2 fully saturated rings. The molecule has 3 amide bonds. The summed E-state index contributed by atoms with van der Waals surface area (Å²) in [6.45, 7) is 17.2. The Labute approximate surface area is 326 Å². The van der Waals surface area contributed by atoms with Crippen LogP contribution in [0.5, 0.6) is 0 Å². The third kappa shape index (κ3) is 12.3. The number of nitrogens with one attached hydrogen (secondary N) is 1. The summed E-state index contributed by atoms with van der Waals surface area (Å²) in [5, 5.41) is 2.96. The van der Waals surface area contributed by atoms with E-state index < -0.39 is 17.6 Å². The summed E-state index contributed by atoms with van der Waals surface area (Å²) in [4.78, 5) is 65.7. The maximum atomic E-state index is 14.1. The fourth-order valence-corrected chi connectivity index (χ4v) is 7.13. The molecule has 55 heavy (non-hydrogen) atoms. The number of rotatable bonds is 13. The van der Waals surface area contributed by atoms with E-state index in [2.05, 4.69) is 39.2 Å². The molecule has 12 heteroatoms. The molecule has 0 aliphatic carbocycles. The highest BCUT2D eigenvalue weighted by molar-refractivity contribution is 6.03. The lowest BCUT2D eigenvalue weighted by atomic mass is 9.96. The highest BCUT2D eigenvalue weighted by atomic mass is 16.6. The Morgan fingerprint density at radius 3 is 2.25 bits per heavy atom. The molecule has 296 valence electrons. The van der Waals surface area contributed by atoms with Gasteiger partial charge < -0.3 is 19.7 Å². The Bertz CT molecular complexity index is 1790. The summed E-state index contributed by atoms with van der Waals surface area (Å²) in [7, 11) is 0. The van der Waals surface area contributed by atoms with Crippen LogP contribution in [0.25, 0.3) is 11.1 Å². The van der Waals surface area contributed by atoms with Crippen molar-refractivity contribution in [1.82, 2.24) is 24.6 Å². The first-order valence-corrected chi connectivity index (χ1v) is 19.6. The molecule has 2 aliphatic rings. The number of ether oxygens (including phenoxy) is 2. The molecule has 5 rings (SSSR count). The fourth-order valence-electron chi connectivity index (χ4n) is 7.13. The second kappa shape index (κ2) is 19.2. The molecular weight excluding hydrogens is 697 g/mol. The number of hydrogen-bond donors (Lipinski definition) is 1. The van der Waals surface area contributed by atoms with E-state index in [1.54, 1.807) is 37.9 Å². The minimum absolute atomic E-state index is 0.161. The minimum Gasteiger partial charge on any atom is -0.465 e. The Morgan fingerprint density at radius 2 is 1.58 bits per heavy atom. The molecule has 0 bridgehead atoms. The molecule has 12 nitrogen and oxygen atoms in total. The van der Waals surface area contributed by atoms with E-state index in [0.717, 1.165) is 79.8 Å². The molecule has 1 aromatic heterocycles. The van der Waals surface area contributed by atoms with Gasteiger partial charge in [-0.05, 0) is 95.6 Å². The van der Waals surface area contributed by atoms with E-state index in [-0.39, 0.29) is 30.7 Å². The number of carbonyl (C=O) groups excluding carboxylic acids is 4. The van der Waals surface area contributed by atoms with Gasteiger partial charge >= 0.3 is 12.1 Å². The van der Waals surface area contributed by atoms with Gasteiger partial charge in [0.05, 0.1) is 18.8 Å². The first-order valence-electron chi connectivity index (χ1n) is 19.6. The molecule has 3 heterocycles. The topological polar surface area (TPSA) is 125 Å². The summed E-state index contributed by atoms with van der Waals surface area (Å²) in [6.07, 6.45) is 3.99. The molecule has 0 saturated carbocycles. The van der Waals surface area contributed by atoms with Crippen LogP contribution >= 0.6 is 0 Å². The molecule has 0 spiro atoms. The summed E-state index contributed by atoms with van der Waals surface area (Å²) < 4.78 is 10.8. The maximum absolute atomic E-state index is 14.1. The number of amides is 3. The van der Waals surface area contributed by atoms with Gasteiger partial charge in [-0.2, -0.15) is 0 Å². The highest BCUT2D eigenvalue weighted by Gasteiger charge is 2.30. The number of esters is 1. The van der Waals surface area contributed by atoms with Crippen molar-refractivity contribution in [2.24, 2.45) is 5.92 Å². The van der Waals surface area contributed by atoms with Crippen LogP contribution in [0.1, 0.15) is 74.6 Å². The number of hydrogen-bond acceptors (Lipinski definition) is 9.